The first-order chi connectivity index (χ1) is 8.10. The van der Waals surface area contributed by atoms with Crippen LogP contribution < -0.4 is 5.32 Å². The Morgan fingerprint density at radius 2 is 2.00 bits per heavy atom. The lowest BCUT2D eigenvalue weighted by Crippen LogP contribution is -2.32. The van der Waals surface area contributed by atoms with Crippen molar-refractivity contribution in [3.63, 3.8) is 0 Å². The molecule has 2 nitrogen and oxygen atoms in total. The summed E-state index contributed by atoms with van der Waals surface area (Å²) in [6, 6.07) is 3.15. The standard InChI is InChI=1S/C13H19F2NO/c1-4-16-13(9(3)17-5-2)11-8-10(14)6-7-12(11)15/h6-9,13,16H,4-5H2,1-3H3. The van der Waals surface area contributed by atoms with Gasteiger partial charge in [0.15, 0.2) is 0 Å². The average molecular weight is 243 g/mol. The Bertz CT molecular complexity index is 357. The van der Waals surface area contributed by atoms with Crippen LogP contribution in [0.1, 0.15) is 32.4 Å². The molecular formula is C13H19F2NO. The van der Waals surface area contributed by atoms with Crippen LogP contribution in [-0.2, 0) is 4.74 Å². The molecule has 0 saturated carbocycles. The molecule has 0 amide bonds. The van der Waals surface area contributed by atoms with Crippen LogP contribution in [0.5, 0.6) is 0 Å². The minimum absolute atomic E-state index is 0.212. The smallest absolute Gasteiger partial charge is 0.128 e. The molecular weight excluding hydrogens is 224 g/mol. The summed E-state index contributed by atoms with van der Waals surface area (Å²) < 4.78 is 32.3. The van der Waals surface area contributed by atoms with Crippen LogP contribution in [0.2, 0.25) is 0 Å². The second kappa shape index (κ2) is 6.67. The van der Waals surface area contributed by atoms with Gasteiger partial charge in [0.05, 0.1) is 12.1 Å². The topological polar surface area (TPSA) is 21.3 Å². The number of likely N-dealkylation sites (N-methyl/N-ethyl adjacent to an activating group) is 1. The summed E-state index contributed by atoms with van der Waals surface area (Å²) in [5, 5.41) is 3.12. The molecule has 1 aromatic rings. The number of halogens is 2. The van der Waals surface area contributed by atoms with Crippen LogP contribution in [0.25, 0.3) is 0 Å². The molecule has 4 heteroatoms. The molecule has 2 unspecified atom stereocenters. The molecule has 1 N–H and O–H groups in total. The van der Waals surface area contributed by atoms with Crippen molar-refractivity contribution in [3.05, 3.63) is 35.4 Å². The molecule has 0 saturated heterocycles. The van der Waals surface area contributed by atoms with E-state index in [1.807, 2.05) is 20.8 Å². The predicted molar refractivity (Wildman–Crippen MR) is 63.9 cm³/mol. The lowest BCUT2D eigenvalue weighted by atomic mass is 10.0. The first-order valence-electron chi connectivity index (χ1n) is 5.90. The van der Waals surface area contributed by atoms with E-state index in [9.17, 15) is 8.78 Å². The van der Waals surface area contributed by atoms with Crippen molar-refractivity contribution in [2.45, 2.75) is 32.9 Å². The first-order valence-corrected chi connectivity index (χ1v) is 5.90. The van der Waals surface area contributed by atoms with E-state index in [0.717, 1.165) is 12.1 Å². The molecule has 0 aliphatic carbocycles. The van der Waals surface area contributed by atoms with Crippen LogP contribution in [0.3, 0.4) is 0 Å². The molecule has 0 bridgehead atoms. The lowest BCUT2D eigenvalue weighted by molar-refractivity contribution is 0.0466. The zero-order valence-corrected chi connectivity index (χ0v) is 10.5. The van der Waals surface area contributed by atoms with E-state index in [1.54, 1.807) is 0 Å². The van der Waals surface area contributed by atoms with Gasteiger partial charge in [0.1, 0.15) is 11.6 Å². The fourth-order valence-corrected chi connectivity index (χ4v) is 1.86. The predicted octanol–water partition coefficient (Wildman–Crippen LogP) is 3.04. The van der Waals surface area contributed by atoms with Crippen LogP contribution in [0, 0.1) is 11.6 Å². The van der Waals surface area contributed by atoms with Crippen molar-refractivity contribution in [3.8, 4) is 0 Å². The van der Waals surface area contributed by atoms with Crippen LogP contribution in [-0.4, -0.2) is 19.3 Å². The maximum atomic E-state index is 13.7. The average Bonchev–Trinajstić information content (AvgIpc) is 2.30. The SMILES string of the molecule is CCNC(c1cc(F)ccc1F)C(C)OCC. The summed E-state index contributed by atoms with van der Waals surface area (Å²) in [4.78, 5) is 0. The molecule has 0 aliphatic heterocycles. The van der Waals surface area contributed by atoms with E-state index in [4.69, 9.17) is 4.74 Å². The number of hydrogen-bond donors (Lipinski definition) is 1. The Balaban J connectivity index is 2.99. The summed E-state index contributed by atoms with van der Waals surface area (Å²) in [7, 11) is 0. The van der Waals surface area contributed by atoms with Gasteiger partial charge in [-0.15, -0.1) is 0 Å². The monoisotopic (exact) mass is 243 g/mol. The van der Waals surface area contributed by atoms with Crippen molar-refractivity contribution < 1.29 is 13.5 Å². The third-order valence-corrected chi connectivity index (χ3v) is 2.62. The summed E-state index contributed by atoms with van der Waals surface area (Å²) in [6.45, 7) is 6.85. The van der Waals surface area contributed by atoms with Crippen LogP contribution in [0.15, 0.2) is 18.2 Å². The molecule has 1 rings (SSSR count). The molecule has 17 heavy (non-hydrogen) atoms. The molecule has 0 aliphatic rings. The van der Waals surface area contributed by atoms with Gasteiger partial charge < -0.3 is 10.1 Å². The molecule has 2 atom stereocenters. The summed E-state index contributed by atoms with van der Waals surface area (Å²) >= 11 is 0. The fraction of sp³-hybridized carbons (Fsp3) is 0.538. The highest BCUT2D eigenvalue weighted by Gasteiger charge is 2.22. The maximum Gasteiger partial charge on any atom is 0.128 e. The van der Waals surface area contributed by atoms with E-state index < -0.39 is 11.6 Å². The van der Waals surface area contributed by atoms with E-state index in [0.29, 0.717) is 18.7 Å². The lowest BCUT2D eigenvalue weighted by Gasteiger charge is -2.25. The van der Waals surface area contributed by atoms with Crippen molar-refractivity contribution in [2.24, 2.45) is 0 Å². The van der Waals surface area contributed by atoms with Crippen molar-refractivity contribution in [1.29, 1.82) is 0 Å². The largest absolute Gasteiger partial charge is 0.377 e. The second-order valence-corrected chi connectivity index (χ2v) is 3.86. The Labute approximate surface area is 101 Å². The Morgan fingerprint density at radius 1 is 1.29 bits per heavy atom. The third kappa shape index (κ3) is 3.75. The highest BCUT2D eigenvalue weighted by molar-refractivity contribution is 5.23. The summed E-state index contributed by atoms with van der Waals surface area (Å²) in [6.07, 6.45) is -0.212. The first kappa shape index (κ1) is 14.1. The summed E-state index contributed by atoms with van der Waals surface area (Å²) in [5.74, 6) is -0.850. The second-order valence-electron chi connectivity index (χ2n) is 3.86. The summed E-state index contributed by atoms with van der Waals surface area (Å²) in [5.41, 5.74) is 0.313. The van der Waals surface area contributed by atoms with Crippen molar-refractivity contribution in [1.82, 2.24) is 5.32 Å². The van der Waals surface area contributed by atoms with Gasteiger partial charge in [-0.1, -0.05) is 6.92 Å². The Hall–Kier alpha value is -1.00. The number of nitrogens with one attached hydrogen (secondary N) is 1. The molecule has 0 spiro atoms. The minimum atomic E-state index is -0.437. The van der Waals surface area contributed by atoms with Gasteiger partial charge in [-0.2, -0.15) is 0 Å². The van der Waals surface area contributed by atoms with Gasteiger partial charge in [0.25, 0.3) is 0 Å². The van der Waals surface area contributed by atoms with Gasteiger partial charge in [0, 0.05) is 12.2 Å². The molecule has 0 aromatic heterocycles. The number of hydrogen-bond acceptors (Lipinski definition) is 2. The van der Waals surface area contributed by atoms with Gasteiger partial charge in [-0.3, -0.25) is 0 Å². The molecule has 96 valence electrons. The quantitative estimate of drug-likeness (QED) is 0.829. The maximum absolute atomic E-state index is 13.7. The van der Waals surface area contributed by atoms with Crippen LogP contribution >= 0.6 is 0 Å². The van der Waals surface area contributed by atoms with E-state index in [1.165, 1.54) is 6.07 Å². The number of benzene rings is 1. The van der Waals surface area contributed by atoms with E-state index in [-0.39, 0.29) is 12.1 Å². The fourth-order valence-electron chi connectivity index (χ4n) is 1.86. The highest BCUT2D eigenvalue weighted by Crippen LogP contribution is 2.23. The van der Waals surface area contributed by atoms with Gasteiger partial charge in [-0.05, 0) is 38.6 Å². The normalized spacial score (nSPS) is 14.6. The van der Waals surface area contributed by atoms with E-state index >= 15 is 0 Å². The minimum Gasteiger partial charge on any atom is -0.377 e. The third-order valence-electron chi connectivity index (χ3n) is 2.62. The number of ether oxygens (including phenoxy) is 1. The molecule has 0 heterocycles. The highest BCUT2D eigenvalue weighted by atomic mass is 19.1. The van der Waals surface area contributed by atoms with E-state index in [2.05, 4.69) is 5.32 Å². The van der Waals surface area contributed by atoms with Crippen molar-refractivity contribution in [2.75, 3.05) is 13.2 Å². The Kier molecular flexibility index (Phi) is 5.51. The van der Waals surface area contributed by atoms with Gasteiger partial charge >= 0.3 is 0 Å². The molecule has 1 aromatic carbocycles. The molecule has 0 fully saturated rings. The molecule has 0 radical (unpaired) electrons. The Morgan fingerprint density at radius 3 is 2.59 bits per heavy atom. The zero-order valence-electron chi connectivity index (χ0n) is 10.5. The van der Waals surface area contributed by atoms with Crippen LogP contribution in [0.4, 0.5) is 8.78 Å². The number of rotatable bonds is 6. The van der Waals surface area contributed by atoms with Gasteiger partial charge in [-0.25, -0.2) is 8.78 Å². The zero-order chi connectivity index (χ0) is 12.8. The van der Waals surface area contributed by atoms with Crippen molar-refractivity contribution >= 4 is 0 Å². The van der Waals surface area contributed by atoms with Gasteiger partial charge in [0.2, 0.25) is 0 Å².